The zero-order valence-electron chi connectivity index (χ0n) is 18.0. The highest BCUT2D eigenvalue weighted by Gasteiger charge is 2.35. The van der Waals surface area contributed by atoms with Crippen molar-refractivity contribution in [1.29, 1.82) is 0 Å². The van der Waals surface area contributed by atoms with Crippen LogP contribution in [-0.4, -0.2) is 33.0 Å². The number of carboxylic acids is 1. The quantitative estimate of drug-likeness (QED) is 0.386. The summed E-state index contributed by atoms with van der Waals surface area (Å²) in [6, 6.07) is 8.32. The molecule has 3 aromatic rings. The van der Waals surface area contributed by atoms with Crippen LogP contribution in [0.25, 0.3) is 0 Å². The van der Waals surface area contributed by atoms with Crippen molar-refractivity contribution in [3.8, 4) is 11.6 Å². The van der Waals surface area contributed by atoms with Gasteiger partial charge in [-0.15, -0.1) is 0 Å². The number of hydrogen-bond acceptors (Lipinski definition) is 5. The number of amides is 1. The molecular formula is C23H19BrF3N3O4. The van der Waals surface area contributed by atoms with Crippen LogP contribution in [0.15, 0.2) is 59.3 Å². The first-order valence-electron chi connectivity index (χ1n) is 10.1. The first-order chi connectivity index (χ1) is 16.0. The van der Waals surface area contributed by atoms with Crippen molar-refractivity contribution in [2.45, 2.75) is 32.5 Å². The van der Waals surface area contributed by atoms with E-state index in [0.29, 0.717) is 10.9 Å². The van der Waals surface area contributed by atoms with Crippen LogP contribution in [0, 0.1) is 0 Å². The van der Waals surface area contributed by atoms with E-state index in [9.17, 15) is 27.9 Å². The van der Waals surface area contributed by atoms with Gasteiger partial charge in [-0.3, -0.25) is 4.79 Å². The molecule has 1 N–H and O–H groups in total. The van der Waals surface area contributed by atoms with Gasteiger partial charge in [0.15, 0.2) is 0 Å². The topological polar surface area (TPSA) is 92.6 Å². The second kappa shape index (κ2) is 10.2. The van der Waals surface area contributed by atoms with E-state index in [-0.39, 0.29) is 22.7 Å². The van der Waals surface area contributed by atoms with E-state index >= 15 is 0 Å². The summed E-state index contributed by atoms with van der Waals surface area (Å²) in [5.74, 6) is -2.80. The van der Waals surface area contributed by atoms with E-state index in [0.717, 1.165) is 24.4 Å². The molecule has 0 saturated heterocycles. The number of hydrogen-bond donors (Lipinski definition) is 1. The number of rotatable bonds is 7. The van der Waals surface area contributed by atoms with Crippen molar-refractivity contribution in [3.05, 3.63) is 76.2 Å². The number of carbonyl (C=O) groups is 2. The number of pyridine rings is 2. The third kappa shape index (κ3) is 5.53. The minimum atomic E-state index is -4.71. The second-order valence-electron chi connectivity index (χ2n) is 7.23. The van der Waals surface area contributed by atoms with Crippen LogP contribution in [0.5, 0.6) is 11.6 Å². The molecule has 2 aromatic heterocycles. The number of aromatic carboxylic acids is 1. The fourth-order valence-corrected chi connectivity index (χ4v) is 3.35. The van der Waals surface area contributed by atoms with E-state index in [1.807, 2.05) is 6.92 Å². The molecule has 0 saturated carbocycles. The monoisotopic (exact) mass is 537 g/mol. The van der Waals surface area contributed by atoms with Crippen LogP contribution < -0.4 is 9.64 Å². The zero-order chi connectivity index (χ0) is 25.0. The molecule has 3 rings (SSSR count). The first-order valence-corrected chi connectivity index (χ1v) is 10.8. The number of benzene rings is 1. The van der Waals surface area contributed by atoms with Gasteiger partial charge >= 0.3 is 12.1 Å². The van der Waals surface area contributed by atoms with Gasteiger partial charge in [0.2, 0.25) is 5.88 Å². The van der Waals surface area contributed by atoms with Crippen LogP contribution in [0.3, 0.4) is 0 Å². The van der Waals surface area contributed by atoms with Crippen LogP contribution in [-0.2, 0) is 6.18 Å². The molecule has 0 aliphatic rings. The molecule has 0 aliphatic carbocycles. The molecule has 7 nitrogen and oxygen atoms in total. The van der Waals surface area contributed by atoms with Crippen molar-refractivity contribution in [2.24, 2.45) is 0 Å². The average Bonchev–Trinajstić information content (AvgIpc) is 2.79. The number of carboxylic acid groups (broad SMARTS) is 1. The fourth-order valence-electron chi connectivity index (χ4n) is 3.11. The minimum Gasteiger partial charge on any atom is -0.478 e. The maximum Gasteiger partial charge on any atom is 0.421 e. The zero-order valence-corrected chi connectivity index (χ0v) is 19.6. The highest BCUT2D eigenvalue weighted by atomic mass is 79.9. The Bertz CT molecular complexity index is 1200. The molecule has 1 aromatic carbocycles. The van der Waals surface area contributed by atoms with E-state index in [2.05, 4.69) is 25.9 Å². The highest BCUT2D eigenvalue weighted by Crippen LogP contribution is 2.37. The van der Waals surface area contributed by atoms with Crippen LogP contribution in [0.1, 0.15) is 46.7 Å². The Morgan fingerprint density at radius 2 is 1.91 bits per heavy atom. The first kappa shape index (κ1) is 25.2. The van der Waals surface area contributed by atoms with E-state index in [1.165, 1.54) is 29.3 Å². The largest absolute Gasteiger partial charge is 0.478 e. The molecule has 0 spiro atoms. The summed E-state index contributed by atoms with van der Waals surface area (Å²) in [6.45, 7) is 3.58. The minimum absolute atomic E-state index is 0.0565. The molecule has 1 atom stereocenters. The average molecular weight is 538 g/mol. The van der Waals surface area contributed by atoms with Gasteiger partial charge < -0.3 is 14.7 Å². The van der Waals surface area contributed by atoms with Gasteiger partial charge in [0.05, 0.1) is 11.3 Å². The van der Waals surface area contributed by atoms with Crippen LogP contribution in [0.2, 0.25) is 0 Å². The molecule has 0 bridgehead atoms. The maximum atomic E-state index is 13.3. The molecule has 2 heterocycles. The summed E-state index contributed by atoms with van der Waals surface area (Å²) in [5, 5.41) is 9.82. The summed E-state index contributed by atoms with van der Waals surface area (Å²) in [7, 11) is 0. The van der Waals surface area contributed by atoms with Crippen molar-refractivity contribution in [1.82, 2.24) is 9.97 Å². The molecule has 34 heavy (non-hydrogen) atoms. The highest BCUT2D eigenvalue weighted by molar-refractivity contribution is 9.10. The summed E-state index contributed by atoms with van der Waals surface area (Å²) in [4.78, 5) is 34.3. The SMILES string of the molecule is CCC(C)N(C(=O)c1ccc(Br)cn1)c1ccc(Oc2ncccc2C(F)(F)F)cc1C(=O)O. The van der Waals surface area contributed by atoms with Gasteiger partial charge in [0, 0.05) is 22.9 Å². The molecule has 1 amide bonds. The second-order valence-corrected chi connectivity index (χ2v) is 8.15. The smallest absolute Gasteiger partial charge is 0.421 e. The van der Waals surface area contributed by atoms with Crippen LogP contribution in [0.4, 0.5) is 18.9 Å². The molecule has 178 valence electrons. The van der Waals surface area contributed by atoms with Gasteiger partial charge in [-0.2, -0.15) is 13.2 Å². The number of alkyl halides is 3. The fraction of sp³-hybridized carbons (Fsp3) is 0.217. The Hall–Kier alpha value is -3.47. The molecule has 1 unspecified atom stereocenters. The van der Waals surface area contributed by atoms with Crippen molar-refractivity contribution in [2.75, 3.05) is 4.90 Å². The molecule has 0 fully saturated rings. The van der Waals surface area contributed by atoms with Gasteiger partial charge in [-0.25, -0.2) is 14.8 Å². The van der Waals surface area contributed by atoms with Crippen molar-refractivity contribution < 1.29 is 32.6 Å². The van der Waals surface area contributed by atoms with Gasteiger partial charge in [-0.1, -0.05) is 6.92 Å². The molecule has 11 heteroatoms. The molecular weight excluding hydrogens is 519 g/mol. The number of halogens is 4. The number of ether oxygens (including phenoxy) is 1. The standard InChI is InChI=1S/C23H19BrF3N3O4/c1-3-13(2)30(21(31)18-8-6-14(24)12-29-18)19-9-7-15(11-16(19)22(32)33)34-20-17(23(25,26)27)5-4-10-28-20/h4-13H,3H2,1-2H3,(H,32,33). The Labute approximate surface area is 201 Å². The maximum absolute atomic E-state index is 13.3. The summed E-state index contributed by atoms with van der Waals surface area (Å²) >= 11 is 3.25. The Morgan fingerprint density at radius 1 is 1.18 bits per heavy atom. The predicted molar refractivity (Wildman–Crippen MR) is 121 cm³/mol. The lowest BCUT2D eigenvalue weighted by molar-refractivity contribution is -0.138. The lowest BCUT2D eigenvalue weighted by atomic mass is 10.1. The Balaban J connectivity index is 2.05. The number of carbonyl (C=O) groups excluding carboxylic acids is 1. The van der Waals surface area contributed by atoms with Gasteiger partial charge in [0.1, 0.15) is 17.0 Å². The van der Waals surface area contributed by atoms with Crippen molar-refractivity contribution >= 4 is 33.5 Å². The van der Waals surface area contributed by atoms with Crippen molar-refractivity contribution in [3.63, 3.8) is 0 Å². The predicted octanol–water partition coefficient (Wildman–Crippen LogP) is 6.19. The lowest BCUT2D eigenvalue weighted by Crippen LogP contribution is -2.39. The molecule has 0 radical (unpaired) electrons. The van der Waals surface area contributed by atoms with Gasteiger partial charge in [-0.05, 0) is 71.7 Å². The number of aromatic nitrogens is 2. The summed E-state index contributed by atoms with van der Waals surface area (Å²) in [5.41, 5.74) is -1.27. The third-order valence-corrected chi connectivity index (χ3v) is 5.42. The van der Waals surface area contributed by atoms with Gasteiger partial charge in [0.25, 0.3) is 5.91 Å². The Kier molecular flexibility index (Phi) is 7.55. The lowest BCUT2D eigenvalue weighted by Gasteiger charge is -2.30. The summed E-state index contributed by atoms with van der Waals surface area (Å²) < 4.78 is 45.8. The third-order valence-electron chi connectivity index (χ3n) is 4.95. The number of nitrogens with zero attached hydrogens (tertiary/aromatic N) is 3. The van der Waals surface area contributed by atoms with E-state index in [4.69, 9.17) is 4.74 Å². The molecule has 0 aliphatic heterocycles. The number of anilines is 1. The van der Waals surface area contributed by atoms with Crippen LogP contribution >= 0.6 is 15.9 Å². The Morgan fingerprint density at radius 3 is 2.50 bits per heavy atom. The van der Waals surface area contributed by atoms with E-state index < -0.39 is 35.5 Å². The normalized spacial score (nSPS) is 12.2. The summed E-state index contributed by atoms with van der Waals surface area (Å²) in [6.07, 6.45) is -1.63. The van der Waals surface area contributed by atoms with E-state index in [1.54, 1.807) is 13.0 Å².